The average molecular weight is 384 g/mol. The zero-order valence-electron chi connectivity index (χ0n) is 16.4. The molecule has 28 heavy (non-hydrogen) atoms. The second-order valence-corrected chi connectivity index (χ2v) is 6.72. The molecule has 2 amide bonds. The van der Waals surface area contributed by atoms with Crippen molar-refractivity contribution in [1.82, 2.24) is 4.90 Å². The van der Waals surface area contributed by atoms with E-state index in [2.05, 4.69) is 10.6 Å². The number of para-hydroxylation sites is 2. The predicted octanol–water partition coefficient (Wildman–Crippen LogP) is 3.11. The fourth-order valence-electron chi connectivity index (χ4n) is 2.60. The lowest BCUT2D eigenvalue weighted by Gasteiger charge is -2.23. The van der Waals surface area contributed by atoms with Gasteiger partial charge in [-0.3, -0.25) is 24.6 Å². The highest BCUT2D eigenvalue weighted by Crippen LogP contribution is 2.23. The Balaban J connectivity index is 1.99. The highest BCUT2D eigenvalue weighted by Gasteiger charge is 2.23. The number of carbonyl (C=O) groups is 2. The Labute approximate surface area is 163 Å². The van der Waals surface area contributed by atoms with Crippen LogP contribution < -0.4 is 10.6 Å². The zero-order valence-corrected chi connectivity index (χ0v) is 16.4. The van der Waals surface area contributed by atoms with Gasteiger partial charge in [0.15, 0.2) is 0 Å². The molecule has 0 radical (unpaired) electrons. The number of hydrogen-bond acceptors (Lipinski definition) is 5. The molecule has 0 saturated heterocycles. The molecule has 0 heterocycles. The van der Waals surface area contributed by atoms with Crippen molar-refractivity contribution in [2.24, 2.45) is 0 Å². The number of likely N-dealkylation sites (N-methyl/N-ethyl adjacent to an activating group) is 1. The maximum absolute atomic E-state index is 12.5. The van der Waals surface area contributed by atoms with Crippen LogP contribution in [0.3, 0.4) is 0 Å². The van der Waals surface area contributed by atoms with E-state index in [-0.39, 0.29) is 23.8 Å². The number of nitro groups is 1. The number of benzene rings is 2. The fraction of sp³-hybridized carbons (Fsp3) is 0.300. The van der Waals surface area contributed by atoms with E-state index in [1.54, 1.807) is 24.9 Å². The maximum Gasteiger partial charge on any atom is 0.292 e. The molecule has 0 bridgehead atoms. The normalized spacial score (nSPS) is 11.8. The van der Waals surface area contributed by atoms with E-state index in [9.17, 15) is 19.7 Å². The summed E-state index contributed by atoms with van der Waals surface area (Å²) in [5.74, 6) is -0.683. The Bertz CT molecular complexity index is 898. The number of rotatable bonds is 7. The zero-order chi connectivity index (χ0) is 20.8. The first kappa shape index (κ1) is 21.0. The van der Waals surface area contributed by atoms with E-state index < -0.39 is 16.9 Å². The van der Waals surface area contributed by atoms with Crippen LogP contribution in [0.25, 0.3) is 0 Å². The van der Waals surface area contributed by atoms with Gasteiger partial charge in [-0.2, -0.15) is 0 Å². The molecule has 2 aromatic carbocycles. The van der Waals surface area contributed by atoms with Gasteiger partial charge in [0, 0.05) is 11.8 Å². The van der Waals surface area contributed by atoms with Gasteiger partial charge < -0.3 is 10.6 Å². The van der Waals surface area contributed by atoms with Crippen LogP contribution in [-0.4, -0.2) is 41.3 Å². The number of aryl methyl sites for hydroxylation is 2. The van der Waals surface area contributed by atoms with E-state index in [1.165, 1.54) is 18.2 Å². The lowest BCUT2D eigenvalue weighted by Crippen LogP contribution is -2.43. The maximum atomic E-state index is 12.5. The van der Waals surface area contributed by atoms with Crippen molar-refractivity contribution in [3.63, 3.8) is 0 Å². The van der Waals surface area contributed by atoms with Gasteiger partial charge in [0.25, 0.3) is 5.69 Å². The minimum Gasteiger partial charge on any atom is -0.325 e. The summed E-state index contributed by atoms with van der Waals surface area (Å²) in [4.78, 5) is 36.9. The van der Waals surface area contributed by atoms with E-state index in [4.69, 9.17) is 0 Å². The highest BCUT2D eigenvalue weighted by molar-refractivity contribution is 5.97. The van der Waals surface area contributed by atoms with Gasteiger partial charge in [-0.15, -0.1) is 0 Å². The van der Waals surface area contributed by atoms with Gasteiger partial charge in [-0.25, -0.2) is 0 Å². The summed E-state index contributed by atoms with van der Waals surface area (Å²) in [6.45, 7) is 5.48. The van der Waals surface area contributed by atoms with Crippen LogP contribution >= 0.6 is 0 Å². The molecule has 8 heteroatoms. The van der Waals surface area contributed by atoms with Crippen molar-refractivity contribution >= 4 is 28.9 Å². The summed E-state index contributed by atoms with van der Waals surface area (Å²) in [6.07, 6.45) is 0. The fourth-order valence-corrected chi connectivity index (χ4v) is 2.60. The molecule has 0 fully saturated rings. The molecule has 148 valence electrons. The van der Waals surface area contributed by atoms with Gasteiger partial charge >= 0.3 is 0 Å². The van der Waals surface area contributed by atoms with Gasteiger partial charge in [-0.1, -0.05) is 24.3 Å². The molecule has 0 aliphatic heterocycles. The number of carbonyl (C=O) groups excluding carboxylic acids is 2. The van der Waals surface area contributed by atoms with Crippen molar-refractivity contribution < 1.29 is 14.5 Å². The molecule has 0 aromatic heterocycles. The molecule has 0 saturated carbocycles. The first-order valence-electron chi connectivity index (χ1n) is 8.80. The predicted molar refractivity (Wildman–Crippen MR) is 108 cm³/mol. The number of nitro benzene ring substituents is 1. The summed E-state index contributed by atoms with van der Waals surface area (Å²) in [5.41, 5.74) is 2.65. The van der Waals surface area contributed by atoms with Crippen molar-refractivity contribution in [2.75, 3.05) is 24.2 Å². The molecule has 2 rings (SSSR count). The topological polar surface area (TPSA) is 105 Å². The van der Waals surface area contributed by atoms with Crippen LogP contribution in [0, 0.1) is 24.0 Å². The van der Waals surface area contributed by atoms with Gasteiger partial charge in [0.1, 0.15) is 5.69 Å². The Morgan fingerprint density at radius 3 is 2.46 bits per heavy atom. The molecular weight excluding hydrogens is 360 g/mol. The molecule has 2 aromatic rings. The standard InChI is InChI=1S/C20H24N4O4/c1-13-9-10-14(2)17(11-13)21-19(25)12-23(4)15(3)20(26)22-16-7-5-6-8-18(16)24(27)28/h5-11,15H,12H2,1-4H3,(H,21,25)(H,22,26)/t15-/m0/s1. The average Bonchev–Trinajstić information content (AvgIpc) is 2.64. The Hall–Kier alpha value is -3.26. The van der Waals surface area contributed by atoms with Crippen LogP contribution in [0.1, 0.15) is 18.1 Å². The molecule has 0 aliphatic carbocycles. The quantitative estimate of drug-likeness (QED) is 0.564. The first-order valence-corrected chi connectivity index (χ1v) is 8.80. The monoisotopic (exact) mass is 384 g/mol. The van der Waals surface area contributed by atoms with E-state index in [1.807, 2.05) is 32.0 Å². The van der Waals surface area contributed by atoms with E-state index in [0.717, 1.165) is 16.8 Å². The van der Waals surface area contributed by atoms with Crippen molar-refractivity contribution in [2.45, 2.75) is 26.8 Å². The first-order chi connectivity index (χ1) is 13.2. The Morgan fingerprint density at radius 1 is 1.11 bits per heavy atom. The summed E-state index contributed by atoms with van der Waals surface area (Å²) < 4.78 is 0. The van der Waals surface area contributed by atoms with Crippen molar-refractivity contribution in [1.29, 1.82) is 0 Å². The second kappa shape index (κ2) is 9.09. The molecular formula is C20H24N4O4. The van der Waals surface area contributed by atoms with Crippen LogP contribution in [0.5, 0.6) is 0 Å². The summed E-state index contributed by atoms with van der Waals surface area (Å²) in [7, 11) is 1.65. The molecule has 0 aliphatic rings. The Kier molecular flexibility index (Phi) is 6.84. The van der Waals surface area contributed by atoms with Crippen molar-refractivity contribution in [3.05, 3.63) is 63.7 Å². The third kappa shape index (κ3) is 5.37. The lowest BCUT2D eigenvalue weighted by atomic mass is 10.1. The molecule has 0 spiro atoms. The van der Waals surface area contributed by atoms with Gasteiger partial charge in [0.2, 0.25) is 11.8 Å². The number of nitrogens with one attached hydrogen (secondary N) is 2. The lowest BCUT2D eigenvalue weighted by molar-refractivity contribution is -0.383. The third-order valence-corrected chi connectivity index (χ3v) is 4.46. The Morgan fingerprint density at radius 2 is 1.79 bits per heavy atom. The minimum absolute atomic E-state index is 0.00114. The smallest absolute Gasteiger partial charge is 0.292 e. The largest absolute Gasteiger partial charge is 0.325 e. The van der Waals surface area contributed by atoms with Crippen LogP contribution in [-0.2, 0) is 9.59 Å². The van der Waals surface area contributed by atoms with Crippen LogP contribution in [0.2, 0.25) is 0 Å². The van der Waals surface area contributed by atoms with E-state index >= 15 is 0 Å². The molecule has 2 N–H and O–H groups in total. The number of hydrogen-bond donors (Lipinski definition) is 2. The second-order valence-electron chi connectivity index (χ2n) is 6.72. The summed E-state index contributed by atoms with van der Waals surface area (Å²) >= 11 is 0. The third-order valence-electron chi connectivity index (χ3n) is 4.46. The van der Waals surface area contributed by atoms with Gasteiger partial charge in [0.05, 0.1) is 17.5 Å². The molecule has 0 unspecified atom stereocenters. The molecule has 8 nitrogen and oxygen atoms in total. The number of anilines is 2. The van der Waals surface area contributed by atoms with Crippen molar-refractivity contribution in [3.8, 4) is 0 Å². The number of nitrogens with zero attached hydrogens (tertiary/aromatic N) is 2. The highest BCUT2D eigenvalue weighted by atomic mass is 16.6. The molecule has 1 atom stereocenters. The summed E-state index contributed by atoms with van der Waals surface area (Å²) in [5, 5.41) is 16.5. The van der Waals surface area contributed by atoms with E-state index in [0.29, 0.717) is 0 Å². The SMILES string of the molecule is Cc1ccc(C)c(NC(=O)CN(C)[C@@H](C)C(=O)Nc2ccccc2[N+](=O)[O-])c1. The van der Waals surface area contributed by atoms with Crippen LogP contribution in [0.15, 0.2) is 42.5 Å². The summed E-state index contributed by atoms with van der Waals surface area (Å²) in [6, 6.07) is 11.0. The van der Waals surface area contributed by atoms with Gasteiger partial charge in [-0.05, 0) is 51.1 Å². The number of amides is 2. The van der Waals surface area contributed by atoms with Crippen LogP contribution in [0.4, 0.5) is 17.1 Å². The minimum atomic E-state index is -0.663.